The standard InChI is InChI=1S/C18H29N3O3S/c1-18(2,13-19)14-20(3)17(22)15-8-7-11-21(12-15)25(23,24)16-9-5-4-6-10-16/h4-6,9-10,15H,7-8,11-14,19H2,1-3H3. The van der Waals surface area contributed by atoms with Crippen LogP contribution in [0.15, 0.2) is 35.2 Å². The second kappa shape index (κ2) is 7.85. The summed E-state index contributed by atoms with van der Waals surface area (Å²) in [4.78, 5) is 14.7. The molecule has 0 saturated carbocycles. The quantitative estimate of drug-likeness (QED) is 0.826. The molecule has 140 valence electrons. The van der Waals surface area contributed by atoms with Gasteiger partial charge in [-0.05, 0) is 36.9 Å². The van der Waals surface area contributed by atoms with Crippen LogP contribution < -0.4 is 5.73 Å². The topological polar surface area (TPSA) is 83.7 Å². The van der Waals surface area contributed by atoms with Crippen molar-refractivity contribution in [1.29, 1.82) is 0 Å². The van der Waals surface area contributed by atoms with Crippen LogP contribution in [0.2, 0.25) is 0 Å². The molecule has 0 aromatic heterocycles. The smallest absolute Gasteiger partial charge is 0.243 e. The molecule has 2 N–H and O–H groups in total. The Morgan fingerprint density at radius 2 is 1.96 bits per heavy atom. The Labute approximate surface area is 151 Å². The molecule has 1 aliphatic rings. The van der Waals surface area contributed by atoms with Crippen molar-refractivity contribution < 1.29 is 13.2 Å². The van der Waals surface area contributed by atoms with Gasteiger partial charge in [-0.1, -0.05) is 32.0 Å². The van der Waals surface area contributed by atoms with Gasteiger partial charge in [0.2, 0.25) is 15.9 Å². The van der Waals surface area contributed by atoms with E-state index in [2.05, 4.69) is 0 Å². The van der Waals surface area contributed by atoms with E-state index < -0.39 is 10.0 Å². The van der Waals surface area contributed by atoms with Crippen molar-refractivity contribution in [2.45, 2.75) is 31.6 Å². The lowest BCUT2D eigenvalue weighted by molar-refractivity contribution is -0.136. The molecular weight excluding hydrogens is 338 g/mol. The Morgan fingerprint density at radius 1 is 1.32 bits per heavy atom. The van der Waals surface area contributed by atoms with Crippen molar-refractivity contribution in [3.8, 4) is 0 Å². The monoisotopic (exact) mass is 367 g/mol. The van der Waals surface area contributed by atoms with Crippen molar-refractivity contribution in [2.75, 3.05) is 33.2 Å². The largest absolute Gasteiger partial charge is 0.345 e. The maximum Gasteiger partial charge on any atom is 0.243 e. The summed E-state index contributed by atoms with van der Waals surface area (Å²) in [6, 6.07) is 8.40. The summed E-state index contributed by atoms with van der Waals surface area (Å²) in [6.45, 7) is 5.78. The minimum Gasteiger partial charge on any atom is -0.345 e. The van der Waals surface area contributed by atoms with Gasteiger partial charge in [-0.3, -0.25) is 4.79 Å². The van der Waals surface area contributed by atoms with Crippen molar-refractivity contribution >= 4 is 15.9 Å². The summed E-state index contributed by atoms with van der Waals surface area (Å²) in [7, 11) is -1.78. The first-order chi connectivity index (χ1) is 11.7. The zero-order chi connectivity index (χ0) is 18.7. The number of hydrogen-bond acceptors (Lipinski definition) is 4. The van der Waals surface area contributed by atoms with Gasteiger partial charge in [-0.15, -0.1) is 0 Å². The summed E-state index contributed by atoms with van der Waals surface area (Å²) in [6.07, 6.45) is 1.41. The molecule has 1 atom stereocenters. The fraction of sp³-hybridized carbons (Fsp3) is 0.611. The van der Waals surface area contributed by atoms with Gasteiger partial charge in [0.15, 0.2) is 0 Å². The van der Waals surface area contributed by atoms with E-state index in [4.69, 9.17) is 5.73 Å². The number of amides is 1. The van der Waals surface area contributed by atoms with Crippen LogP contribution in [0, 0.1) is 11.3 Å². The van der Waals surface area contributed by atoms with Crippen LogP contribution in [0.4, 0.5) is 0 Å². The SMILES string of the molecule is CN(CC(C)(C)CN)C(=O)C1CCCN(S(=O)(=O)c2ccccc2)C1. The predicted molar refractivity (Wildman–Crippen MR) is 98.4 cm³/mol. The van der Waals surface area contributed by atoms with Crippen molar-refractivity contribution in [2.24, 2.45) is 17.1 Å². The van der Waals surface area contributed by atoms with Crippen LogP contribution in [0.5, 0.6) is 0 Å². The van der Waals surface area contributed by atoms with Gasteiger partial charge in [-0.2, -0.15) is 4.31 Å². The summed E-state index contributed by atoms with van der Waals surface area (Å²) in [5.74, 6) is -0.305. The minimum absolute atomic E-state index is 0.00510. The molecule has 25 heavy (non-hydrogen) atoms. The van der Waals surface area contributed by atoms with Gasteiger partial charge in [0.05, 0.1) is 10.8 Å². The first-order valence-electron chi connectivity index (χ1n) is 8.67. The van der Waals surface area contributed by atoms with Gasteiger partial charge in [-0.25, -0.2) is 8.42 Å². The molecule has 1 unspecified atom stereocenters. The Hall–Kier alpha value is -1.44. The molecule has 1 aromatic carbocycles. The zero-order valence-electron chi connectivity index (χ0n) is 15.3. The first-order valence-corrected chi connectivity index (χ1v) is 10.1. The molecule has 0 spiro atoms. The number of piperidine rings is 1. The molecule has 0 bridgehead atoms. The van der Waals surface area contributed by atoms with E-state index in [0.29, 0.717) is 32.5 Å². The molecule has 7 heteroatoms. The first kappa shape index (κ1) is 19.9. The highest BCUT2D eigenvalue weighted by Gasteiger charge is 2.35. The van der Waals surface area contributed by atoms with E-state index in [1.54, 1.807) is 42.3 Å². The lowest BCUT2D eigenvalue weighted by atomic mass is 9.92. The van der Waals surface area contributed by atoms with Crippen LogP contribution in [0.1, 0.15) is 26.7 Å². The molecule has 1 aliphatic heterocycles. The number of hydrogen-bond donors (Lipinski definition) is 1. The van der Waals surface area contributed by atoms with Crippen LogP contribution in [0.25, 0.3) is 0 Å². The Morgan fingerprint density at radius 3 is 2.56 bits per heavy atom. The molecule has 1 saturated heterocycles. The van der Waals surface area contributed by atoms with Gasteiger partial charge < -0.3 is 10.6 Å². The number of nitrogens with two attached hydrogens (primary N) is 1. The average Bonchev–Trinajstić information content (AvgIpc) is 2.61. The van der Waals surface area contributed by atoms with E-state index in [1.165, 1.54) is 4.31 Å². The highest BCUT2D eigenvalue weighted by molar-refractivity contribution is 7.89. The van der Waals surface area contributed by atoms with Crippen molar-refractivity contribution in [1.82, 2.24) is 9.21 Å². The van der Waals surface area contributed by atoms with Gasteiger partial charge in [0.25, 0.3) is 0 Å². The average molecular weight is 368 g/mol. The molecule has 0 radical (unpaired) electrons. The van der Waals surface area contributed by atoms with Crippen LogP contribution >= 0.6 is 0 Å². The van der Waals surface area contributed by atoms with Gasteiger partial charge in [0, 0.05) is 26.7 Å². The molecule has 2 rings (SSSR count). The third-order valence-electron chi connectivity index (χ3n) is 4.71. The molecule has 0 aliphatic carbocycles. The summed E-state index contributed by atoms with van der Waals surface area (Å²) in [5, 5.41) is 0. The van der Waals surface area contributed by atoms with E-state index >= 15 is 0 Å². The third-order valence-corrected chi connectivity index (χ3v) is 6.59. The van der Waals surface area contributed by atoms with E-state index in [1.807, 2.05) is 13.8 Å². The predicted octanol–water partition coefficient (Wildman–Crippen LogP) is 1.53. The van der Waals surface area contributed by atoms with E-state index in [9.17, 15) is 13.2 Å². The number of carbonyl (C=O) groups excluding carboxylic acids is 1. The van der Waals surface area contributed by atoms with E-state index in [0.717, 1.165) is 0 Å². The maximum absolute atomic E-state index is 12.8. The van der Waals surface area contributed by atoms with Crippen molar-refractivity contribution in [3.63, 3.8) is 0 Å². The molecular formula is C18H29N3O3S. The third kappa shape index (κ3) is 4.80. The molecule has 1 heterocycles. The number of rotatable bonds is 6. The lowest BCUT2D eigenvalue weighted by Gasteiger charge is -2.35. The Bertz CT molecular complexity index is 689. The Balaban J connectivity index is 2.09. The minimum atomic E-state index is -3.55. The molecule has 6 nitrogen and oxygen atoms in total. The van der Waals surface area contributed by atoms with E-state index in [-0.39, 0.29) is 28.7 Å². The summed E-state index contributed by atoms with van der Waals surface area (Å²) in [5.41, 5.74) is 5.59. The number of nitrogens with zero attached hydrogens (tertiary/aromatic N) is 2. The van der Waals surface area contributed by atoms with Crippen LogP contribution in [0.3, 0.4) is 0 Å². The summed E-state index contributed by atoms with van der Waals surface area (Å²) < 4.78 is 27.0. The highest BCUT2D eigenvalue weighted by Crippen LogP contribution is 2.25. The fourth-order valence-corrected chi connectivity index (χ4v) is 4.74. The summed E-state index contributed by atoms with van der Waals surface area (Å²) >= 11 is 0. The highest BCUT2D eigenvalue weighted by atomic mass is 32.2. The molecule has 1 aromatic rings. The Kier molecular flexibility index (Phi) is 6.24. The van der Waals surface area contributed by atoms with Crippen molar-refractivity contribution in [3.05, 3.63) is 30.3 Å². The fourth-order valence-electron chi connectivity index (χ4n) is 3.20. The number of benzene rings is 1. The molecule has 1 fully saturated rings. The number of sulfonamides is 1. The zero-order valence-corrected chi connectivity index (χ0v) is 16.1. The molecule has 1 amide bonds. The normalized spacial score (nSPS) is 19.6. The van der Waals surface area contributed by atoms with Gasteiger partial charge >= 0.3 is 0 Å². The number of carbonyl (C=O) groups is 1. The van der Waals surface area contributed by atoms with Crippen LogP contribution in [-0.4, -0.2) is 56.8 Å². The second-order valence-corrected chi connectivity index (χ2v) is 9.52. The van der Waals surface area contributed by atoms with Crippen LogP contribution in [-0.2, 0) is 14.8 Å². The maximum atomic E-state index is 12.8. The lowest BCUT2D eigenvalue weighted by Crippen LogP contribution is -2.48. The second-order valence-electron chi connectivity index (χ2n) is 7.58. The van der Waals surface area contributed by atoms with Gasteiger partial charge in [0.1, 0.15) is 0 Å².